The maximum atomic E-state index is 13.3. The lowest BCUT2D eigenvalue weighted by Crippen LogP contribution is -2.24. The van der Waals surface area contributed by atoms with Gasteiger partial charge in [-0.05, 0) is 30.4 Å². The van der Waals surface area contributed by atoms with E-state index in [0.29, 0.717) is 5.92 Å². The van der Waals surface area contributed by atoms with Gasteiger partial charge in [-0.15, -0.1) is 0 Å². The van der Waals surface area contributed by atoms with Crippen LogP contribution >= 0.6 is 11.6 Å². The van der Waals surface area contributed by atoms with E-state index in [1.165, 1.54) is 25.3 Å². The van der Waals surface area contributed by atoms with Crippen molar-refractivity contribution >= 4 is 11.6 Å². The van der Waals surface area contributed by atoms with Crippen molar-refractivity contribution in [3.63, 3.8) is 0 Å². The Kier molecular flexibility index (Phi) is 3.82. The second-order valence-electron chi connectivity index (χ2n) is 4.57. The molecule has 1 unspecified atom stereocenters. The minimum Gasteiger partial charge on any atom is -0.324 e. The van der Waals surface area contributed by atoms with E-state index in [0.717, 1.165) is 18.4 Å². The van der Waals surface area contributed by atoms with Crippen LogP contribution in [-0.4, -0.2) is 0 Å². The van der Waals surface area contributed by atoms with Gasteiger partial charge in [0.05, 0.1) is 5.02 Å². The lowest BCUT2D eigenvalue weighted by atomic mass is 9.81. The fourth-order valence-electron chi connectivity index (χ4n) is 2.53. The zero-order chi connectivity index (χ0) is 11.5. The van der Waals surface area contributed by atoms with Crippen LogP contribution in [0.2, 0.25) is 5.02 Å². The molecule has 0 aliphatic heterocycles. The predicted octanol–water partition coefficient (Wildman–Crippen LogP) is 4.06. The highest BCUT2D eigenvalue weighted by atomic mass is 35.5. The van der Waals surface area contributed by atoms with E-state index in [4.69, 9.17) is 17.3 Å². The summed E-state index contributed by atoms with van der Waals surface area (Å²) in [5.41, 5.74) is 6.95. The quantitative estimate of drug-likeness (QED) is 0.830. The molecule has 1 aliphatic carbocycles. The Bertz CT molecular complexity index is 361. The molecule has 2 N–H and O–H groups in total. The van der Waals surface area contributed by atoms with Gasteiger partial charge in [-0.3, -0.25) is 0 Å². The van der Waals surface area contributed by atoms with E-state index >= 15 is 0 Å². The van der Waals surface area contributed by atoms with Gasteiger partial charge in [0.1, 0.15) is 5.82 Å². The van der Waals surface area contributed by atoms with Crippen LogP contribution in [0, 0.1) is 11.7 Å². The van der Waals surface area contributed by atoms with E-state index in [2.05, 4.69) is 0 Å². The summed E-state index contributed by atoms with van der Waals surface area (Å²) in [7, 11) is 0. The first-order valence-corrected chi connectivity index (χ1v) is 6.27. The molecule has 1 aromatic rings. The number of halogens is 2. The molecule has 1 fully saturated rings. The fraction of sp³-hybridized carbons (Fsp3) is 0.538. The van der Waals surface area contributed by atoms with Crippen molar-refractivity contribution in [2.75, 3.05) is 0 Å². The molecule has 0 bridgehead atoms. The molecule has 0 aromatic heterocycles. The molecule has 1 atom stereocenters. The molecule has 1 aliphatic rings. The molecule has 0 amide bonds. The Hall–Kier alpha value is -0.600. The summed E-state index contributed by atoms with van der Waals surface area (Å²) in [6.07, 6.45) is 6.01. The third-order valence-electron chi connectivity index (χ3n) is 3.50. The van der Waals surface area contributed by atoms with Gasteiger partial charge in [0, 0.05) is 6.04 Å². The van der Waals surface area contributed by atoms with Crippen molar-refractivity contribution in [2.45, 2.75) is 38.1 Å². The number of hydrogen-bond donors (Lipinski definition) is 1. The third kappa shape index (κ3) is 2.38. The smallest absolute Gasteiger partial charge is 0.142 e. The van der Waals surface area contributed by atoms with Crippen LogP contribution < -0.4 is 5.73 Å². The molecular formula is C13H17ClFN. The van der Waals surface area contributed by atoms with Gasteiger partial charge in [0.2, 0.25) is 0 Å². The second-order valence-corrected chi connectivity index (χ2v) is 4.94. The molecule has 3 heteroatoms. The number of rotatable bonds is 2. The molecule has 1 nitrogen and oxygen atoms in total. The Labute approximate surface area is 101 Å². The molecule has 0 heterocycles. The standard InChI is InChI=1S/C13H17ClFN/c14-12-10(7-4-8-11(12)15)13(16)9-5-2-1-3-6-9/h4,7-9,13H,1-3,5-6,16H2. The largest absolute Gasteiger partial charge is 0.324 e. The summed E-state index contributed by atoms with van der Waals surface area (Å²) < 4.78 is 13.3. The molecule has 16 heavy (non-hydrogen) atoms. The predicted molar refractivity (Wildman–Crippen MR) is 64.9 cm³/mol. The van der Waals surface area contributed by atoms with E-state index in [1.54, 1.807) is 6.07 Å². The van der Waals surface area contributed by atoms with Crippen LogP contribution in [0.3, 0.4) is 0 Å². The lowest BCUT2D eigenvalue weighted by molar-refractivity contribution is 0.308. The average molecular weight is 242 g/mol. The number of benzene rings is 1. The summed E-state index contributed by atoms with van der Waals surface area (Å²) in [5, 5.41) is 0.195. The minimum absolute atomic E-state index is 0.122. The van der Waals surface area contributed by atoms with E-state index in [9.17, 15) is 4.39 Å². The van der Waals surface area contributed by atoms with Crippen molar-refractivity contribution in [3.05, 3.63) is 34.6 Å². The summed E-state index contributed by atoms with van der Waals surface area (Å²) in [6, 6.07) is 4.77. The zero-order valence-electron chi connectivity index (χ0n) is 9.26. The van der Waals surface area contributed by atoms with Crippen molar-refractivity contribution < 1.29 is 4.39 Å². The Morgan fingerprint density at radius 3 is 2.62 bits per heavy atom. The van der Waals surface area contributed by atoms with Gasteiger partial charge in [0.25, 0.3) is 0 Å². The van der Waals surface area contributed by atoms with Gasteiger partial charge in [-0.25, -0.2) is 4.39 Å². The van der Waals surface area contributed by atoms with Gasteiger partial charge < -0.3 is 5.73 Å². The van der Waals surface area contributed by atoms with Crippen molar-refractivity contribution in [1.29, 1.82) is 0 Å². The third-order valence-corrected chi connectivity index (χ3v) is 3.90. The first kappa shape index (κ1) is 11.9. The van der Waals surface area contributed by atoms with Crippen molar-refractivity contribution in [3.8, 4) is 0 Å². The van der Waals surface area contributed by atoms with Crippen molar-refractivity contribution in [2.24, 2.45) is 11.7 Å². The Morgan fingerprint density at radius 1 is 1.25 bits per heavy atom. The first-order valence-electron chi connectivity index (χ1n) is 5.89. The highest BCUT2D eigenvalue weighted by molar-refractivity contribution is 6.31. The van der Waals surface area contributed by atoms with Crippen LogP contribution in [-0.2, 0) is 0 Å². The topological polar surface area (TPSA) is 26.0 Å². The summed E-state index contributed by atoms with van der Waals surface area (Å²) in [5.74, 6) is 0.0819. The van der Waals surface area contributed by atoms with Crippen LogP contribution in [0.1, 0.15) is 43.7 Å². The molecule has 0 saturated heterocycles. The molecule has 0 spiro atoms. The number of nitrogens with two attached hydrogens (primary N) is 1. The molecule has 88 valence electrons. The summed E-state index contributed by atoms with van der Waals surface area (Å²) >= 11 is 5.95. The Morgan fingerprint density at radius 2 is 1.94 bits per heavy atom. The fourth-order valence-corrected chi connectivity index (χ4v) is 2.78. The van der Waals surface area contributed by atoms with E-state index < -0.39 is 0 Å². The molecule has 0 radical (unpaired) electrons. The van der Waals surface area contributed by atoms with Crippen LogP contribution in [0.5, 0.6) is 0 Å². The second kappa shape index (κ2) is 5.15. The molecule has 1 aromatic carbocycles. The summed E-state index contributed by atoms with van der Waals surface area (Å²) in [4.78, 5) is 0. The molecule has 2 rings (SSSR count). The van der Waals surface area contributed by atoms with Crippen LogP contribution in [0.25, 0.3) is 0 Å². The molecular weight excluding hydrogens is 225 g/mol. The van der Waals surface area contributed by atoms with Gasteiger partial charge >= 0.3 is 0 Å². The zero-order valence-corrected chi connectivity index (χ0v) is 10.0. The summed E-state index contributed by atoms with van der Waals surface area (Å²) in [6.45, 7) is 0. The molecule has 1 saturated carbocycles. The van der Waals surface area contributed by atoms with Gasteiger partial charge in [-0.2, -0.15) is 0 Å². The maximum absolute atomic E-state index is 13.3. The van der Waals surface area contributed by atoms with Gasteiger partial charge in [0.15, 0.2) is 0 Å². The minimum atomic E-state index is -0.370. The highest BCUT2D eigenvalue weighted by Crippen LogP contribution is 2.36. The highest BCUT2D eigenvalue weighted by Gasteiger charge is 2.24. The van der Waals surface area contributed by atoms with Crippen LogP contribution in [0.15, 0.2) is 18.2 Å². The lowest BCUT2D eigenvalue weighted by Gasteiger charge is -2.28. The maximum Gasteiger partial charge on any atom is 0.142 e. The van der Waals surface area contributed by atoms with Crippen molar-refractivity contribution in [1.82, 2.24) is 0 Å². The first-order chi connectivity index (χ1) is 7.70. The normalized spacial score (nSPS) is 19.7. The van der Waals surface area contributed by atoms with Crippen LogP contribution in [0.4, 0.5) is 4.39 Å². The monoisotopic (exact) mass is 241 g/mol. The van der Waals surface area contributed by atoms with Gasteiger partial charge in [-0.1, -0.05) is 43.0 Å². The van der Waals surface area contributed by atoms with E-state index in [1.807, 2.05) is 6.07 Å². The Balaban J connectivity index is 2.19. The average Bonchev–Trinajstić information content (AvgIpc) is 2.33. The SMILES string of the molecule is NC(c1cccc(F)c1Cl)C1CCCCC1. The number of hydrogen-bond acceptors (Lipinski definition) is 1. The van der Waals surface area contributed by atoms with E-state index in [-0.39, 0.29) is 16.9 Å².